The van der Waals surface area contributed by atoms with Crippen LogP contribution in [0.3, 0.4) is 0 Å². The zero-order chi connectivity index (χ0) is 12.5. The van der Waals surface area contributed by atoms with Crippen LogP contribution >= 0.6 is 0 Å². The SMILES string of the molecule is C=CCN(C/C=C/C1CC=CCC1)C(=O)CC. The third-order valence-corrected chi connectivity index (χ3v) is 3.05. The highest BCUT2D eigenvalue weighted by Crippen LogP contribution is 2.19. The average Bonchev–Trinajstić information content (AvgIpc) is 2.38. The largest absolute Gasteiger partial charge is 0.335 e. The van der Waals surface area contributed by atoms with Gasteiger partial charge in [-0.1, -0.05) is 37.3 Å². The quantitative estimate of drug-likeness (QED) is 0.644. The molecule has 0 heterocycles. The van der Waals surface area contributed by atoms with Gasteiger partial charge in [0.2, 0.25) is 5.91 Å². The Morgan fingerprint density at radius 2 is 2.29 bits per heavy atom. The summed E-state index contributed by atoms with van der Waals surface area (Å²) in [5.74, 6) is 0.848. The summed E-state index contributed by atoms with van der Waals surface area (Å²) in [6.45, 7) is 6.93. The maximum absolute atomic E-state index is 11.6. The number of nitrogens with zero attached hydrogens (tertiary/aromatic N) is 1. The van der Waals surface area contributed by atoms with Crippen molar-refractivity contribution in [3.8, 4) is 0 Å². The number of rotatable bonds is 6. The van der Waals surface area contributed by atoms with E-state index in [9.17, 15) is 4.79 Å². The summed E-state index contributed by atoms with van der Waals surface area (Å²) in [4.78, 5) is 13.5. The third-order valence-electron chi connectivity index (χ3n) is 3.05. The summed E-state index contributed by atoms with van der Waals surface area (Å²) in [6, 6.07) is 0. The molecule has 1 atom stereocenters. The first-order chi connectivity index (χ1) is 8.27. The van der Waals surface area contributed by atoms with Crippen LogP contribution < -0.4 is 0 Å². The highest BCUT2D eigenvalue weighted by molar-refractivity contribution is 5.76. The molecule has 0 fully saturated rings. The molecule has 0 radical (unpaired) electrons. The van der Waals surface area contributed by atoms with Gasteiger partial charge in [-0.15, -0.1) is 6.58 Å². The van der Waals surface area contributed by atoms with Crippen LogP contribution in [0.1, 0.15) is 32.6 Å². The van der Waals surface area contributed by atoms with E-state index in [1.54, 1.807) is 6.08 Å². The summed E-state index contributed by atoms with van der Waals surface area (Å²) in [5.41, 5.74) is 0. The molecule has 1 amide bonds. The topological polar surface area (TPSA) is 20.3 Å². The van der Waals surface area contributed by atoms with Gasteiger partial charge in [0, 0.05) is 19.5 Å². The number of carbonyl (C=O) groups excluding carboxylic acids is 1. The van der Waals surface area contributed by atoms with E-state index in [0.29, 0.717) is 25.4 Å². The molecule has 94 valence electrons. The fraction of sp³-hybridized carbons (Fsp3) is 0.533. The number of amides is 1. The van der Waals surface area contributed by atoms with Crippen LogP contribution in [0.25, 0.3) is 0 Å². The number of hydrogen-bond acceptors (Lipinski definition) is 1. The molecule has 2 heteroatoms. The van der Waals surface area contributed by atoms with Crippen molar-refractivity contribution in [3.05, 3.63) is 37.0 Å². The standard InChI is InChI=1S/C15H23NO/c1-3-12-16(15(17)4-2)13-8-11-14-9-6-5-7-10-14/h3,5-6,8,11,14H,1,4,7,9-10,12-13H2,2H3/b11-8+. The Labute approximate surface area is 105 Å². The summed E-state index contributed by atoms with van der Waals surface area (Å²) in [6.07, 6.45) is 14.8. The molecule has 1 unspecified atom stereocenters. The molecular formula is C15H23NO. The van der Waals surface area contributed by atoms with Crippen molar-refractivity contribution in [1.82, 2.24) is 4.90 Å². The van der Waals surface area contributed by atoms with Gasteiger partial charge in [-0.05, 0) is 25.2 Å². The van der Waals surface area contributed by atoms with Gasteiger partial charge < -0.3 is 4.90 Å². The van der Waals surface area contributed by atoms with E-state index in [1.807, 2.05) is 11.8 Å². The second-order valence-corrected chi connectivity index (χ2v) is 4.41. The molecule has 1 rings (SSSR count). The van der Waals surface area contributed by atoms with Gasteiger partial charge in [0.15, 0.2) is 0 Å². The molecule has 0 bridgehead atoms. The fourth-order valence-electron chi connectivity index (χ4n) is 2.03. The lowest BCUT2D eigenvalue weighted by atomic mass is 9.94. The molecule has 0 N–H and O–H groups in total. The second-order valence-electron chi connectivity index (χ2n) is 4.41. The van der Waals surface area contributed by atoms with Crippen molar-refractivity contribution in [2.45, 2.75) is 32.6 Å². The van der Waals surface area contributed by atoms with Crippen LogP contribution in [-0.4, -0.2) is 23.9 Å². The van der Waals surface area contributed by atoms with E-state index in [2.05, 4.69) is 30.9 Å². The summed E-state index contributed by atoms with van der Waals surface area (Å²) in [5, 5.41) is 0. The Morgan fingerprint density at radius 3 is 2.88 bits per heavy atom. The van der Waals surface area contributed by atoms with Crippen LogP contribution in [0.2, 0.25) is 0 Å². The van der Waals surface area contributed by atoms with Gasteiger partial charge >= 0.3 is 0 Å². The Balaban J connectivity index is 2.39. The predicted octanol–water partition coefficient (Wildman–Crippen LogP) is 3.32. The van der Waals surface area contributed by atoms with Gasteiger partial charge in [-0.2, -0.15) is 0 Å². The second kappa shape index (κ2) is 7.88. The van der Waals surface area contributed by atoms with Gasteiger partial charge in [0.25, 0.3) is 0 Å². The van der Waals surface area contributed by atoms with Gasteiger partial charge in [-0.25, -0.2) is 0 Å². The molecular weight excluding hydrogens is 210 g/mol. The lowest BCUT2D eigenvalue weighted by Gasteiger charge is -2.19. The molecule has 0 saturated heterocycles. The molecule has 0 aliphatic heterocycles. The summed E-state index contributed by atoms with van der Waals surface area (Å²) < 4.78 is 0. The molecule has 0 aromatic heterocycles. The molecule has 2 nitrogen and oxygen atoms in total. The van der Waals surface area contributed by atoms with Crippen LogP contribution in [-0.2, 0) is 4.79 Å². The van der Waals surface area contributed by atoms with Crippen LogP contribution in [0.4, 0.5) is 0 Å². The molecule has 0 spiro atoms. The van der Waals surface area contributed by atoms with Crippen molar-refractivity contribution in [1.29, 1.82) is 0 Å². The lowest BCUT2D eigenvalue weighted by Crippen LogP contribution is -2.30. The molecule has 0 aromatic carbocycles. The summed E-state index contributed by atoms with van der Waals surface area (Å²) >= 11 is 0. The normalized spacial score (nSPS) is 19.5. The van der Waals surface area contributed by atoms with E-state index in [0.717, 1.165) is 6.42 Å². The Bertz CT molecular complexity index is 304. The maximum Gasteiger partial charge on any atom is 0.222 e. The first-order valence-corrected chi connectivity index (χ1v) is 6.48. The minimum atomic E-state index is 0.193. The Hall–Kier alpha value is -1.31. The van der Waals surface area contributed by atoms with Crippen molar-refractivity contribution in [2.24, 2.45) is 5.92 Å². The zero-order valence-corrected chi connectivity index (χ0v) is 10.8. The molecule has 0 saturated carbocycles. The van der Waals surface area contributed by atoms with E-state index in [-0.39, 0.29) is 5.91 Å². The van der Waals surface area contributed by atoms with Crippen LogP contribution in [0, 0.1) is 5.92 Å². The van der Waals surface area contributed by atoms with E-state index in [4.69, 9.17) is 0 Å². The molecule has 0 aromatic rings. The molecule has 1 aliphatic rings. The van der Waals surface area contributed by atoms with Gasteiger partial charge in [0.1, 0.15) is 0 Å². The van der Waals surface area contributed by atoms with Crippen molar-refractivity contribution < 1.29 is 4.79 Å². The van der Waals surface area contributed by atoms with Crippen LogP contribution in [0.15, 0.2) is 37.0 Å². The van der Waals surface area contributed by atoms with Gasteiger partial charge in [-0.3, -0.25) is 4.79 Å². The molecule has 1 aliphatic carbocycles. The van der Waals surface area contributed by atoms with Crippen LogP contribution in [0.5, 0.6) is 0 Å². The Morgan fingerprint density at radius 1 is 1.47 bits per heavy atom. The van der Waals surface area contributed by atoms with E-state index < -0.39 is 0 Å². The predicted molar refractivity (Wildman–Crippen MR) is 72.7 cm³/mol. The number of hydrogen-bond donors (Lipinski definition) is 0. The zero-order valence-electron chi connectivity index (χ0n) is 10.8. The minimum absolute atomic E-state index is 0.193. The highest BCUT2D eigenvalue weighted by atomic mass is 16.2. The van der Waals surface area contributed by atoms with Crippen molar-refractivity contribution in [2.75, 3.05) is 13.1 Å². The number of allylic oxidation sites excluding steroid dienone is 3. The first kappa shape index (κ1) is 13.8. The number of carbonyl (C=O) groups is 1. The smallest absolute Gasteiger partial charge is 0.222 e. The minimum Gasteiger partial charge on any atom is -0.335 e. The monoisotopic (exact) mass is 233 g/mol. The molecule has 17 heavy (non-hydrogen) atoms. The Kier molecular flexibility index (Phi) is 6.38. The average molecular weight is 233 g/mol. The van der Waals surface area contributed by atoms with E-state index >= 15 is 0 Å². The third kappa shape index (κ3) is 5.03. The van der Waals surface area contributed by atoms with Gasteiger partial charge in [0.05, 0.1) is 0 Å². The first-order valence-electron chi connectivity index (χ1n) is 6.48. The van der Waals surface area contributed by atoms with E-state index in [1.165, 1.54) is 12.8 Å². The van der Waals surface area contributed by atoms with Crippen molar-refractivity contribution >= 4 is 5.91 Å². The fourth-order valence-corrected chi connectivity index (χ4v) is 2.03. The highest BCUT2D eigenvalue weighted by Gasteiger charge is 2.08. The lowest BCUT2D eigenvalue weighted by molar-refractivity contribution is -0.129. The maximum atomic E-state index is 11.6. The van der Waals surface area contributed by atoms with Crippen molar-refractivity contribution in [3.63, 3.8) is 0 Å². The summed E-state index contributed by atoms with van der Waals surface area (Å²) in [7, 11) is 0.